The first-order valence-corrected chi connectivity index (χ1v) is 5.07. The third kappa shape index (κ3) is 1.99. The molecule has 3 nitrogen and oxygen atoms in total. The SMILES string of the molecule is Nc1ccc(N(O)CC2CCC2)cc1. The zero-order chi connectivity index (χ0) is 9.97. The lowest BCUT2D eigenvalue weighted by atomic mass is 9.85. The minimum atomic E-state index is 0.664. The Kier molecular flexibility index (Phi) is 2.59. The fourth-order valence-electron chi connectivity index (χ4n) is 1.67. The Morgan fingerprint density at radius 3 is 2.43 bits per heavy atom. The van der Waals surface area contributed by atoms with Crippen LogP contribution in [0.3, 0.4) is 0 Å². The molecule has 2 rings (SSSR count). The lowest BCUT2D eigenvalue weighted by molar-refractivity contribution is 0.199. The molecule has 0 bridgehead atoms. The fourth-order valence-corrected chi connectivity index (χ4v) is 1.67. The monoisotopic (exact) mass is 192 g/mol. The van der Waals surface area contributed by atoms with Crippen molar-refractivity contribution in [3.05, 3.63) is 24.3 Å². The standard InChI is InChI=1S/C11H16N2O/c12-10-4-6-11(7-5-10)13(14)8-9-2-1-3-9/h4-7,9,14H,1-3,8,12H2. The number of benzene rings is 1. The summed E-state index contributed by atoms with van der Waals surface area (Å²) in [5.74, 6) is 0.664. The average Bonchev–Trinajstić information content (AvgIpc) is 2.12. The van der Waals surface area contributed by atoms with Crippen LogP contribution in [0.4, 0.5) is 11.4 Å². The second-order valence-electron chi connectivity index (χ2n) is 3.97. The van der Waals surface area contributed by atoms with E-state index in [9.17, 15) is 5.21 Å². The van der Waals surface area contributed by atoms with Gasteiger partial charge >= 0.3 is 0 Å². The van der Waals surface area contributed by atoms with Crippen LogP contribution in [-0.4, -0.2) is 11.8 Å². The maximum Gasteiger partial charge on any atom is 0.0635 e. The number of hydroxylamine groups is 1. The van der Waals surface area contributed by atoms with Gasteiger partial charge in [-0.1, -0.05) is 6.42 Å². The second kappa shape index (κ2) is 3.88. The van der Waals surface area contributed by atoms with Crippen LogP contribution in [0, 0.1) is 5.92 Å². The topological polar surface area (TPSA) is 49.5 Å². The van der Waals surface area contributed by atoms with Crippen molar-refractivity contribution in [2.75, 3.05) is 17.3 Å². The van der Waals surface area contributed by atoms with Gasteiger partial charge in [0.25, 0.3) is 0 Å². The lowest BCUT2D eigenvalue weighted by Crippen LogP contribution is -2.29. The van der Waals surface area contributed by atoms with Crippen molar-refractivity contribution in [2.24, 2.45) is 5.92 Å². The first-order valence-electron chi connectivity index (χ1n) is 5.07. The lowest BCUT2D eigenvalue weighted by Gasteiger charge is -2.29. The third-order valence-corrected chi connectivity index (χ3v) is 2.85. The van der Waals surface area contributed by atoms with E-state index in [-0.39, 0.29) is 0 Å². The molecule has 1 saturated carbocycles. The summed E-state index contributed by atoms with van der Waals surface area (Å²) in [7, 11) is 0. The van der Waals surface area contributed by atoms with Crippen LogP contribution >= 0.6 is 0 Å². The van der Waals surface area contributed by atoms with Gasteiger partial charge in [0.15, 0.2) is 0 Å². The van der Waals surface area contributed by atoms with Crippen molar-refractivity contribution < 1.29 is 5.21 Å². The number of rotatable bonds is 3. The average molecular weight is 192 g/mol. The van der Waals surface area contributed by atoms with Crippen LogP contribution < -0.4 is 10.8 Å². The van der Waals surface area contributed by atoms with Crippen LogP contribution in [0.15, 0.2) is 24.3 Å². The Bertz CT molecular complexity index is 293. The molecule has 1 aromatic rings. The molecule has 0 atom stereocenters. The van der Waals surface area contributed by atoms with Gasteiger partial charge in [-0.15, -0.1) is 0 Å². The summed E-state index contributed by atoms with van der Waals surface area (Å²) < 4.78 is 0. The van der Waals surface area contributed by atoms with E-state index in [0.29, 0.717) is 5.92 Å². The molecule has 1 fully saturated rings. The van der Waals surface area contributed by atoms with E-state index in [0.717, 1.165) is 17.9 Å². The molecule has 76 valence electrons. The van der Waals surface area contributed by atoms with Gasteiger partial charge in [0.1, 0.15) is 0 Å². The molecule has 14 heavy (non-hydrogen) atoms. The van der Waals surface area contributed by atoms with Gasteiger partial charge in [-0.2, -0.15) is 0 Å². The zero-order valence-electron chi connectivity index (χ0n) is 8.19. The minimum absolute atomic E-state index is 0.664. The number of hydrogen-bond acceptors (Lipinski definition) is 3. The Labute approximate surface area is 84.1 Å². The number of nitrogen functional groups attached to an aromatic ring is 1. The fraction of sp³-hybridized carbons (Fsp3) is 0.455. The molecule has 1 aliphatic rings. The van der Waals surface area contributed by atoms with Gasteiger partial charge in [-0.3, -0.25) is 10.3 Å². The van der Waals surface area contributed by atoms with Gasteiger partial charge in [-0.05, 0) is 43.0 Å². The van der Waals surface area contributed by atoms with E-state index in [1.807, 2.05) is 12.1 Å². The Balaban J connectivity index is 1.95. The van der Waals surface area contributed by atoms with Crippen molar-refractivity contribution in [3.8, 4) is 0 Å². The highest BCUT2D eigenvalue weighted by Gasteiger charge is 2.20. The van der Waals surface area contributed by atoms with Crippen LogP contribution in [0.2, 0.25) is 0 Å². The number of hydrogen-bond donors (Lipinski definition) is 2. The Hall–Kier alpha value is -1.22. The van der Waals surface area contributed by atoms with Crippen LogP contribution in [0.5, 0.6) is 0 Å². The van der Waals surface area contributed by atoms with E-state index in [4.69, 9.17) is 5.73 Å². The second-order valence-corrected chi connectivity index (χ2v) is 3.97. The van der Waals surface area contributed by atoms with E-state index in [2.05, 4.69) is 0 Å². The quantitative estimate of drug-likeness (QED) is 0.570. The minimum Gasteiger partial charge on any atom is -0.399 e. The molecule has 0 radical (unpaired) electrons. The number of nitrogens with two attached hydrogens (primary N) is 1. The van der Waals surface area contributed by atoms with Gasteiger partial charge in [-0.25, -0.2) is 0 Å². The highest BCUT2D eigenvalue weighted by atomic mass is 16.5. The molecule has 3 N–H and O–H groups in total. The summed E-state index contributed by atoms with van der Waals surface area (Å²) in [6, 6.07) is 7.29. The normalized spacial score (nSPS) is 16.4. The molecular weight excluding hydrogens is 176 g/mol. The number of nitrogens with zero attached hydrogens (tertiary/aromatic N) is 1. The van der Waals surface area contributed by atoms with Crippen molar-refractivity contribution in [1.29, 1.82) is 0 Å². The Morgan fingerprint density at radius 2 is 1.93 bits per heavy atom. The largest absolute Gasteiger partial charge is 0.399 e. The van der Waals surface area contributed by atoms with E-state index in [1.165, 1.54) is 24.3 Å². The molecule has 0 aromatic heterocycles. The molecule has 0 amide bonds. The molecule has 0 unspecified atom stereocenters. The maximum absolute atomic E-state index is 9.74. The summed E-state index contributed by atoms with van der Waals surface area (Å²) in [4.78, 5) is 0. The van der Waals surface area contributed by atoms with E-state index in [1.54, 1.807) is 12.1 Å². The smallest absolute Gasteiger partial charge is 0.0635 e. The highest BCUT2D eigenvalue weighted by molar-refractivity contribution is 5.51. The molecule has 3 heteroatoms. The molecular formula is C11H16N2O. The summed E-state index contributed by atoms with van der Waals surface area (Å²) in [6.07, 6.45) is 3.79. The van der Waals surface area contributed by atoms with Gasteiger partial charge in [0.2, 0.25) is 0 Å². The van der Waals surface area contributed by atoms with E-state index >= 15 is 0 Å². The zero-order valence-corrected chi connectivity index (χ0v) is 8.19. The molecule has 0 spiro atoms. The van der Waals surface area contributed by atoms with Crippen LogP contribution in [0.25, 0.3) is 0 Å². The van der Waals surface area contributed by atoms with Crippen molar-refractivity contribution in [1.82, 2.24) is 0 Å². The first kappa shape index (κ1) is 9.34. The van der Waals surface area contributed by atoms with Crippen molar-refractivity contribution in [3.63, 3.8) is 0 Å². The van der Waals surface area contributed by atoms with Crippen LogP contribution in [0.1, 0.15) is 19.3 Å². The molecule has 0 saturated heterocycles. The summed E-state index contributed by atoms with van der Waals surface area (Å²) in [5, 5.41) is 11.1. The molecule has 1 aromatic carbocycles. The maximum atomic E-state index is 9.74. The van der Waals surface area contributed by atoms with Crippen molar-refractivity contribution in [2.45, 2.75) is 19.3 Å². The molecule has 1 aliphatic carbocycles. The molecule has 0 aliphatic heterocycles. The summed E-state index contributed by atoms with van der Waals surface area (Å²) in [5.41, 5.74) is 7.12. The van der Waals surface area contributed by atoms with Gasteiger partial charge in [0.05, 0.1) is 5.69 Å². The van der Waals surface area contributed by atoms with Crippen molar-refractivity contribution >= 4 is 11.4 Å². The highest BCUT2D eigenvalue weighted by Crippen LogP contribution is 2.28. The predicted molar refractivity (Wildman–Crippen MR) is 57.3 cm³/mol. The Morgan fingerprint density at radius 1 is 1.29 bits per heavy atom. The third-order valence-electron chi connectivity index (χ3n) is 2.85. The molecule has 0 heterocycles. The summed E-state index contributed by atoms with van der Waals surface area (Å²) in [6.45, 7) is 0.740. The van der Waals surface area contributed by atoms with Gasteiger partial charge < -0.3 is 5.73 Å². The summed E-state index contributed by atoms with van der Waals surface area (Å²) >= 11 is 0. The van der Waals surface area contributed by atoms with Crippen LogP contribution in [-0.2, 0) is 0 Å². The van der Waals surface area contributed by atoms with Gasteiger partial charge in [0, 0.05) is 12.2 Å². The number of anilines is 2. The first-order chi connectivity index (χ1) is 6.75. The van der Waals surface area contributed by atoms with E-state index < -0.39 is 0 Å². The predicted octanol–water partition coefficient (Wildman–Crippen LogP) is 2.26.